The molecule has 0 saturated carbocycles. The highest BCUT2D eigenvalue weighted by Crippen LogP contribution is 2.23. The van der Waals surface area contributed by atoms with Crippen molar-refractivity contribution in [3.8, 4) is 6.07 Å². The quantitative estimate of drug-likeness (QED) is 0.673. The van der Waals surface area contributed by atoms with Crippen molar-refractivity contribution in [1.29, 1.82) is 5.26 Å². The van der Waals surface area contributed by atoms with Gasteiger partial charge in [0, 0.05) is 22.0 Å². The van der Waals surface area contributed by atoms with Crippen molar-refractivity contribution in [2.45, 2.75) is 6.92 Å². The molecule has 2 N–H and O–H groups in total. The van der Waals surface area contributed by atoms with Gasteiger partial charge < -0.3 is 10.6 Å². The van der Waals surface area contributed by atoms with Gasteiger partial charge in [0.05, 0.1) is 11.6 Å². The lowest BCUT2D eigenvalue weighted by Crippen LogP contribution is -2.00. The van der Waals surface area contributed by atoms with Crippen molar-refractivity contribution in [1.82, 2.24) is 9.97 Å². The number of hydrogen-bond acceptors (Lipinski definition) is 5. The number of anilines is 4. The van der Waals surface area contributed by atoms with Crippen LogP contribution in [0.25, 0.3) is 0 Å². The predicted molar refractivity (Wildman–Crippen MR) is 98.6 cm³/mol. The number of aryl methyl sites for hydroxylation is 1. The molecular weight excluding hydrogens is 366 g/mol. The highest BCUT2D eigenvalue weighted by Gasteiger charge is 2.03. The molecule has 118 valence electrons. The van der Waals surface area contributed by atoms with E-state index >= 15 is 0 Å². The van der Waals surface area contributed by atoms with Crippen LogP contribution in [-0.2, 0) is 0 Å². The van der Waals surface area contributed by atoms with Gasteiger partial charge in [-0.15, -0.1) is 0 Å². The zero-order chi connectivity index (χ0) is 16.9. The molecule has 0 unspecified atom stereocenters. The van der Waals surface area contributed by atoms with Gasteiger partial charge in [-0.2, -0.15) is 10.2 Å². The third-order valence-electron chi connectivity index (χ3n) is 3.35. The standard InChI is InChI=1S/C18H14BrN5/c1-12-5-6-15(10-16(12)19)23-18-21-8-7-17(24-18)22-14-4-2-3-13(9-14)11-20/h2-10H,1H3,(H2,21,22,23,24). The Kier molecular flexibility index (Phi) is 4.73. The second-order valence-electron chi connectivity index (χ2n) is 5.17. The zero-order valence-electron chi connectivity index (χ0n) is 12.9. The van der Waals surface area contributed by atoms with Crippen molar-refractivity contribution in [3.05, 3.63) is 70.3 Å². The Morgan fingerprint density at radius 1 is 1.04 bits per heavy atom. The monoisotopic (exact) mass is 379 g/mol. The maximum absolute atomic E-state index is 8.96. The normalized spacial score (nSPS) is 10.0. The first kappa shape index (κ1) is 16.0. The minimum Gasteiger partial charge on any atom is -0.340 e. The number of hydrogen-bond donors (Lipinski definition) is 2. The third kappa shape index (κ3) is 3.89. The van der Waals surface area contributed by atoms with Crippen molar-refractivity contribution in [2.75, 3.05) is 10.6 Å². The smallest absolute Gasteiger partial charge is 0.229 e. The second-order valence-corrected chi connectivity index (χ2v) is 6.03. The molecule has 2 aromatic carbocycles. The van der Waals surface area contributed by atoms with E-state index in [0.717, 1.165) is 21.4 Å². The van der Waals surface area contributed by atoms with Crippen LogP contribution in [-0.4, -0.2) is 9.97 Å². The minimum atomic E-state index is 0.493. The number of nitrogens with one attached hydrogen (secondary N) is 2. The fourth-order valence-electron chi connectivity index (χ4n) is 2.10. The van der Waals surface area contributed by atoms with E-state index < -0.39 is 0 Å². The zero-order valence-corrected chi connectivity index (χ0v) is 14.5. The average molecular weight is 380 g/mol. The molecule has 0 bridgehead atoms. The molecule has 0 aliphatic heterocycles. The molecule has 0 radical (unpaired) electrons. The Balaban J connectivity index is 1.78. The van der Waals surface area contributed by atoms with Crippen LogP contribution in [0.5, 0.6) is 0 Å². The largest absolute Gasteiger partial charge is 0.340 e. The van der Waals surface area contributed by atoms with E-state index in [2.05, 4.69) is 42.6 Å². The summed E-state index contributed by atoms with van der Waals surface area (Å²) >= 11 is 3.51. The molecular formula is C18H14BrN5. The van der Waals surface area contributed by atoms with Gasteiger partial charge in [0.25, 0.3) is 0 Å². The minimum absolute atomic E-state index is 0.493. The lowest BCUT2D eigenvalue weighted by atomic mass is 10.2. The molecule has 0 aliphatic rings. The summed E-state index contributed by atoms with van der Waals surface area (Å²) in [5.74, 6) is 1.14. The summed E-state index contributed by atoms with van der Waals surface area (Å²) in [4.78, 5) is 8.67. The first-order chi connectivity index (χ1) is 11.6. The summed E-state index contributed by atoms with van der Waals surface area (Å²) in [6, 6.07) is 17.1. The van der Waals surface area contributed by atoms with Crippen LogP contribution in [0.2, 0.25) is 0 Å². The van der Waals surface area contributed by atoms with Gasteiger partial charge in [-0.1, -0.05) is 28.1 Å². The molecule has 3 aromatic rings. The van der Waals surface area contributed by atoms with E-state index in [1.165, 1.54) is 0 Å². The van der Waals surface area contributed by atoms with E-state index in [0.29, 0.717) is 17.3 Å². The van der Waals surface area contributed by atoms with Crippen LogP contribution < -0.4 is 10.6 Å². The second kappa shape index (κ2) is 7.11. The third-order valence-corrected chi connectivity index (χ3v) is 4.20. The van der Waals surface area contributed by atoms with E-state index in [-0.39, 0.29) is 0 Å². The lowest BCUT2D eigenvalue weighted by molar-refractivity contribution is 1.16. The van der Waals surface area contributed by atoms with Crippen molar-refractivity contribution in [3.63, 3.8) is 0 Å². The van der Waals surface area contributed by atoms with Gasteiger partial charge >= 0.3 is 0 Å². The lowest BCUT2D eigenvalue weighted by Gasteiger charge is -2.09. The Labute approximate surface area is 148 Å². The molecule has 3 rings (SSSR count). The predicted octanol–water partition coefficient (Wildman–Crippen LogP) is 4.91. The molecule has 1 heterocycles. The molecule has 0 saturated heterocycles. The topological polar surface area (TPSA) is 73.6 Å². The van der Waals surface area contributed by atoms with Gasteiger partial charge in [0.2, 0.25) is 5.95 Å². The number of rotatable bonds is 4. The Hall–Kier alpha value is -2.91. The maximum Gasteiger partial charge on any atom is 0.229 e. The van der Waals surface area contributed by atoms with Gasteiger partial charge in [0.15, 0.2) is 0 Å². The highest BCUT2D eigenvalue weighted by molar-refractivity contribution is 9.10. The molecule has 0 fully saturated rings. The molecule has 24 heavy (non-hydrogen) atoms. The Morgan fingerprint density at radius 3 is 2.67 bits per heavy atom. The first-order valence-corrected chi connectivity index (χ1v) is 8.07. The van der Waals surface area contributed by atoms with Gasteiger partial charge in [-0.3, -0.25) is 0 Å². The van der Waals surface area contributed by atoms with Crippen molar-refractivity contribution in [2.24, 2.45) is 0 Å². The van der Waals surface area contributed by atoms with Crippen LogP contribution in [0.3, 0.4) is 0 Å². The Morgan fingerprint density at radius 2 is 1.88 bits per heavy atom. The molecule has 0 atom stereocenters. The van der Waals surface area contributed by atoms with Crippen LogP contribution in [0.4, 0.5) is 23.1 Å². The number of nitrogens with zero attached hydrogens (tertiary/aromatic N) is 3. The summed E-state index contributed by atoms with van der Waals surface area (Å²) < 4.78 is 1.02. The summed E-state index contributed by atoms with van der Waals surface area (Å²) in [5, 5.41) is 15.3. The molecule has 0 aliphatic carbocycles. The Bertz CT molecular complexity index is 917. The van der Waals surface area contributed by atoms with Gasteiger partial charge in [-0.05, 0) is 48.9 Å². The van der Waals surface area contributed by atoms with Crippen LogP contribution in [0.15, 0.2) is 59.2 Å². The summed E-state index contributed by atoms with van der Waals surface area (Å²) in [5.41, 5.74) is 3.46. The number of halogens is 1. The van der Waals surface area contributed by atoms with Crippen LogP contribution >= 0.6 is 15.9 Å². The first-order valence-electron chi connectivity index (χ1n) is 7.27. The summed E-state index contributed by atoms with van der Waals surface area (Å²) in [6.07, 6.45) is 1.68. The van der Waals surface area contributed by atoms with Gasteiger partial charge in [-0.25, -0.2) is 4.98 Å². The van der Waals surface area contributed by atoms with Crippen LogP contribution in [0, 0.1) is 18.3 Å². The molecule has 0 spiro atoms. The fraction of sp³-hybridized carbons (Fsp3) is 0.0556. The maximum atomic E-state index is 8.96. The molecule has 1 aromatic heterocycles. The summed E-state index contributed by atoms with van der Waals surface area (Å²) in [7, 11) is 0. The molecule has 5 nitrogen and oxygen atoms in total. The van der Waals surface area contributed by atoms with E-state index in [9.17, 15) is 0 Å². The van der Waals surface area contributed by atoms with E-state index in [1.54, 1.807) is 24.4 Å². The number of nitriles is 1. The van der Waals surface area contributed by atoms with Gasteiger partial charge in [0.1, 0.15) is 5.82 Å². The highest BCUT2D eigenvalue weighted by atomic mass is 79.9. The molecule has 6 heteroatoms. The SMILES string of the molecule is Cc1ccc(Nc2nccc(Nc3cccc(C#N)c3)n2)cc1Br. The van der Waals surface area contributed by atoms with E-state index in [4.69, 9.17) is 5.26 Å². The average Bonchev–Trinajstić information content (AvgIpc) is 2.59. The van der Waals surface area contributed by atoms with E-state index in [1.807, 2.05) is 37.3 Å². The number of benzene rings is 2. The fourth-order valence-corrected chi connectivity index (χ4v) is 2.48. The van der Waals surface area contributed by atoms with Crippen molar-refractivity contribution < 1.29 is 0 Å². The van der Waals surface area contributed by atoms with Crippen LogP contribution in [0.1, 0.15) is 11.1 Å². The van der Waals surface area contributed by atoms with Crippen molar-refractivity contribution >= 4 is 39.1 Å². The number of aromatic nitrogens is 2. The summed E-state index contributed by atoms with van der Waals surface area (Å²) in [6.45, 7) is 2.03. The molecule has 0 amide bonds.